The summed E-state index contributed by atoms with van der Waals surface area (Å²) in [6.45, 7) is 2.43. The summed E-state index contributed by atoms with van der Waals surface area (Å²) in [4.78, 5) is 24.3. The summed E-state index contributed by atoms with van der Waals surface area (Å²) in [5, 5.41) is 3.43. The summed E-state index contributed by atoms with van der Waals surface area (Å²) in [5.41, 5.74) is 0.905. The lowest BCUT2D eigenvalue weighted by Crippen LogP contribution is -2.35. The molecule has 0 radical (unpaired) electrons. The van der Waals surface area contributed by atoms with Crippen LogP contribution in [0.2, 0.25) is 0 Å². The molecular formula is C24H26N2O7S. The maximum atomic E-state index is 13.0. The minimum atomic E-state index is -3.67. The van der Waals surface area contributed by atoms with Gasteiger partial charge in [0.15, 0.2) is 6.61 Å². The van der Waals surface area contributed by atoms with Gasteiger partial charge >= 0.3 is 5.63 Å². The lowest BCUT2D eigenvalue weighted by molar-refractivity contribution is -0.118. The maximum absolute atomic E-state index is 13.0. The van der Waals surface area contributed by atoms with Crippen molar-refractivity contribution in [3.05, 3.63) is 58.4 Å². The molecule has 1 aromatic heterocycles. The number of benzene rings is 2. The summed E-state index contributed by atoms with van der Waals surface area (Å²) >= 11 is 0. The molecule has 0 saturated carbocycles. The highest BCUT2D eigenvalue weighted by molar-refractivity contribution is 7.89. The van der Waals surface area contributed by atoms with E-state index in [1.165, 1.54) is 35.7 Å². The molecule has 10 heteroatoms. The van der Waals surface area contributed by atoms with Crippen molar-refractivity contribution in [2.24, 2.45) is 0 Å². The van der Waals surface area contributed by atoms with Crippen LogP contribution in [0.15, 0.2) is 56.6 Å². The number of hydrogen-bond donors (Lipinski definition) is 1. The van der Waals surface area contributed by atoms with Crippen molar-refractivity contribution in [1.29, 1.82) is 0 Å². The van der Waals surface area contributed by atoms with E-state index in [2.05, 4.69) is 5.32 Å². The largest absolute Gasteiger partial charge is 0.495 e. The summed E-state index contributed by atoms with van der Waals surface area (Å²) in [6.07, 6.45) is 2.67. The zero-order valence-electron chi connectivity index (χ0n) is 19.0. The number of carbonyl (C=O) groups excluding carboxylic acids is 1. The van der Waals surface area contributed by atoms with Crippen molar-refractivity contribution < 1.29 is 27.1 Å². The van der Waals surface area contributed by atoms with Crippen molar-refractivity contribution >= 4 is 32.6 Å². The molecule has 1 amide bonds. The fourth-order valence-corrected chi connectivity index (χ4v) is 5.47. The first-order valence-electron chi connectivity index (χ1n) is 10.9. The quantitative estimate of drug-likeness (QED) is 0.510. The second-order valence-electron chi connectivity index (χ2n) is 8.07. The van der Waals surface area contributed by atoms with E-state index in [0.717, 1.165) is 30.2 Å². The molecule has 9 nitrogen and oxygen atoms in total. The highest BCUT2D eigenvalue weighted by Gasteiger charge is 2.27. The minimum absolute atomic E-state index is 0.0892. The molecule has 1 fully saturated rings. The standard InChI is InChI=1S/C24H26N2O7S/c1-16-12-24(28)33-22-13-17(6-8-19(16)22)32-15-23(27)25-20-14-18(7-9-21(20)31-2)34(29,30)26-10-4-3-5-11-26/h6-9,12-14H,3-5,10-11,15H2,1-2H3,(H,25,27). The lowest BCUT2D eigenvalue weighted by Gasteiger charge is -2.26. The Bertz CT molecular complexity index is 1380. The Balaban J connectivity index is 1.48. The molecule has 1 aliphatic rings. The number of hydrogen-bond acceptors (Lipinski definition) is 7. The monoisotopic (exact) mass is 486 g/mol. The van der Waals surface area contributed by atoms with Crippen LogP contribution < -0.4 is 20.4 Å². The number of nitrogens with one attached hydrogen (secondary N) is 1. The van der Waals surface area contributed by atoms with Gasteiger partial charge in [0, 0.05) is 30.6 Å². The molecule has 1 N–H and O–H groups in total. The lowest BCUT2D eigenvalue weighted by atomic mass is 10.1. The van der Waals surface area contributed by atoms with Crippen LogP contribution in [0, 0.1) is 6.92 Å². The summed E-state index contributed by atoms with van der Waals surface area (Å²) in [5.74, 6) is 0.176. The number of aryl methyl sites for hydroxylation is 1. The van der Waals surface area contributed by atoms with Crippen LogP contribution in [0.5, 0.6) is 11.5 Å². The van der Waals surface area contributed by atoms with Crippen LogP contribution >= 0.6 is 0 Å². The number of amides is 1. The minimum Gasteiger partial charge on any atom is -0.495 e. The van der Waals surface area contributed by atoms with E-state index in [4.69, 9.17) is 13.9 Å². The first-order chi connectivity index (χ1) is 16.3. The van der Waals surface area contributed by atoms with Gasteiger partial charge in [0.1, 0.15) is 17.1 Å². The van der Waals surface area contributed by atoms with Gasteiger partial charge in [-0.05, 0) is 55.7 Å². The van der Waals surface area contributed by atoms with Crippen molar-refractivity contribution in [2.75, 3.05) is 32.1 Å². The third-order valence-corrected chi connectivity index (χ3v) is 7.59. The topological polar surface area (TPSA) is 115 Å². The molecule has 180 valence electrons. The molecule has 0 spiro atoms. The Kier molecular flexibility index (Phi) is 6.90. The average Bonchev–Trinajstić information content (AvgIpc) is 2.83. The number of carbonyl (C=O) groups is 1. The Morgan fingerprint density at radius 1 is 1.09 bits per heavy atom. The second kappa shape index (κ2) is 9.86. The number of nitrogens with zero attached hydrogens (tertiary/aromatic N) is 1. The van der Waals surface area contributed by atoms with Crippen molar-refractivity contribution in [2.45, 2.75) is 31.1 Å². The van der Waals surface area contributed by atoms with Gasteiger partial charge in [-0.3, -0.25) is 4.79 Å². The van der Waals surface area contributed by atoms with Gasteiger partial charge < -0.3 is 19.2 Å². The van der Waals surface area contributed by atoms with E-state index in [1.54, 1.807) is 25.1 Å². The molecular weight excluding hydrogens is 460 g/mol. The molecule has 0 unspecified atom stereocenters. The fraction of sp³-hybridized carbons (Fsp3) is 0.333. The van der Waals surface area contributed by atoms with Gasteiger partial charge in [0.2, 0.25) is 10.0 Å². The van der Waals surface area contributed by atoms with Crippen molar-refractivity contribution in [1.82, 2.24) is 4.31 Å². The SMILES string of the molecule is COc1ccc(S(=O)(=O)N2CCCCC2)cc1NC(=O)COc1ccc2c(C)cc(=O)oc2c1. The zero-order valence-corrected chi connectivity index (χ0v) is 19.8. The molecule has 1 aliphatic heterocycles. The number of fused-ring (bicyclic) bond motifs is 1. The predicted molar refractivity (Wildman–Crippen MR) is 127 cm³/mol. The van der Waals surface area contributed by atoms with Crippen LogP contribution in [0.4, 0.5) is 5.69 Å². The van der Waals surface area contributed by atoms with Gasteiger partial charge in [-0.1, -0.05) is 6.42 Å². The molecule has 0 bridgehead atoms. The smallest absolute Gasteiger partial charge is 0.336 e. The zero-order chi connectivity index (χ0) is 24.3. The van der Waals surface area contributed by atoms with Crippen molar-refractivity contribution in [3.8, 4) is 11.5 Å². The molecule has 3 aromatic rings. The summed E-state index contributed by atoms with van der Waals surface area (Å²) in [6, 6.07) is 10.8. The van der Waals surface area contributed by atoms with E-state index in [0.29, 0.717) is 30.2 Å². The van der Waals surface area contributed by atoms with E-state index in [-0.39, 0.29) is 17.2 Å². The van der Waals surface area contributed by atoms with E-state index in [9.17, 15) is 18.0 Å². The molecule has 34 heavy (non-hydrogen) atoms. The number of ether oxygens (including phenoxy) is 2. The third-order valence-electron chi connectivity index (χ3n) is 5.69. The third kappa shape index (κ3) is 5.07. The van der Waals surface area contributed by atoms with Gasteiger partial charge in [-0.15, -0.1) is 0 Å². The van der Waals surface area contributed by atoms with E-state index >= 15 is 0 Å². The highest BCUT2D eigenvalue weighted by Crippen LogP contribution is 2.30. The van der Waals surface area contributed by atoms with Crippen LogP contribution in [-0.4, -0.2) is 45.4 Å². The van der Waals surface area contributed by atoms with Crippen molar-refractivity contribution in [3.63, 3.8) is 0 Å². The average molecular weight is 487 g/mol. The number of sulfonamides is 1. The Hall–Kier alpha value is -3.37. The van der Waals surface area contributed by atoms with Crippen LogP contribution in [0.1, 0.15) is 24.8 Å². The Morgan fingerprint density at radius 3 is 2.59 bits per heavy atom. The maximum Gasteiger partial charge on any atom is 0.336 e. The van der Waals surface area contributed by atoms with Gasteiger partial charge in [-0.2, -0.15) is 4.31 Å². The number of anilines is 1. The molecule has 0 aliphatic carbocycles. The molecule has 4 rings (SSSR count). The summed E-state index contributed by atoms with van der Waals surface area (Å²) in [7, 11) is -2.23. The molecule has 1 saturated heterocycles. The molecule has 0 atom stereocenters. The molecule has 2 heterocycles. The van der Waals surface area contributed by atoms with E-state index < -0.39 is 21.6 Å². The summed E-state index contributed by atoms with van der Waals surface area (Å²) < 4.78 is 43.5. The van der Waals surface area contributed by atoms with Crippen LogP contribution in [0.25, 0.3) is 11.0 Å². The first-order valence-corrected chi connectivity index (χ1v) is 12.4. The predicted octanol–water partition coefficient (Wildman–Crippen LogP) is 3.30. The number of piperidine rings is 1. The molecule has 2 aromatic carbocycles. The first kappa shape index (κ1) is 23.8. The Labute approximate surface area is 197 Å². The van der Waals surface area contributed by atoms with Gasteiger partial charge in [0.05, 0.1) is 17.7 Å². The van der Waals surface area contributed by atoms with Crippen LogP contribution in [-0.2, 0) is 14.8 Å². The fourth-order valence-electron chi connectivity index (χ4n) is 3.93. The van der Waals surface area contributed by atoms with Gasteiger partial charge in [0.25, 0.3) is 5.91 Å². The Morgan fingerprint density at radius 2 is 1.85 bits per heavy atom. The second-order valence-corrected chi connectivity index (χ2v) is 10.0. The number of rotatable bonds is 7. The normalized spacial score (nSPS) is 14.6. The van der Waals surface area contributed by atoms with Crippen LogP contribution in [0.3, 0.4) is 0 Å². The van der Waals surface area contributed by atoms with E-state index in [1.807, 2.05) is 0 Å². The number of methoxy groups -OCH3 is 1. The van der Waals surface area contributed by atoms with Gasteiger partial charge in [-0.25, -0.2) is 13.2 Å². The highest BCUT2D eigenvalue weighted by atomic mass is 32.2.